The van der Waals surface area contributed by atoms with Crippen LogP contribution in [0, 0.1) is 0 Å². The van der Waals surface area contributed by atoms with Gasteiger partial charge in [0.15, 0.2) is 11.5 Å². The molecule has 0 aliphatic carbocycles. The monoisotopic (exact) mass is 393 g/mol. The van der Waals surface area contributed by atoms with Crippen LogP contribution in [0.5, 0.6) is 11.5 Å². The molecule has 0 bridgehead atoms. The third-order valence-electron chi connectivity index (χ3n) is 4.56. The Bertz CT molecular complexity index is 921. The molecule has 0 saturated heterocycles. The molecule has 1 amide bonds. The van der Waals surface area contributed by atoms with Gasteiger partial charge < -0.3 is 19.4 Å². The highest BCUT2D eigenvalue weighted by atomic mass is 16.5. The fraction of sp³-hybridized carbons (Fsp3) is 0.304. The van der Waals surface area contributed by atoms with Crippen molar-refractivity contribution in [3.05, 3.63) is 77.9 Å². The summed E-state index contributed by atoms with van der Waals surface area (Å²) >= 11 is 0. The largest absolute Gasteiger partial charge is 0.490 e. The molecule has 1 atom stereocenters. The van der Waals surface area contributed by atoms with Gasteiger partial charge in [-0.3, -0.25) is 4.79 Å². The number of hydrogen-bond donors (Lipinski definition) is 1. The van der Waals surface area contributed by atoms with E-state index in [1.807, 2.05) is 74.0 Å². The average molecular weight is 393 g/mol. The topological polar surface area (TPSA) is 65.4 Å². The highest BCUT2D eigenvalue weighted by Crippen LogP contribution is 2.30. The van der Waals surface area contributed by atoms with Crippen LogP contribution in [0.25, 0.3) is 0 Å². The Morgan fingerprint density at radius 1 is 1.07 bits per heavy atom. The molecule has 0 aliphatic heterocycles. The molecule has 0 spiro atoms. The number of rotatable bonds is 9. The van der Waals surface area contributed by atoms with E-state index in [0.29, 0.717) is 30.3 Å². The number of imidazole rings is 1. The van der Waals surface area contributed by atoms with Crippen molar-refractivity contribution in [3.63, 3.8) is 0 Å². The summed E-state index contributed by atoms with van der Waals surface area (Å²) in [5, 5.41) is 3.05. The van der Waals surface area contributed by atoms with Gasteiger partial charge in [-0.1, -0.05) is 18.2 Å². The normalized spacial score (nSPS) is 11.7. The number of nitrogens with one attached hydrogen (secondary N) is 1. The van der Waals surface area contributed by atoms with E-state index in [1.165, 1.54) is 0 Å². The standard InChI is InChI=1S/C23H27N3O3/c1-4-28-21-11-10-20(14-22(21)29-5-2)17(3)25-23(27)19-8-6-18(7-9-19)15-26-13-12-24-16-26/h6-14,16-17H,4-5,15H2,1-3H3,(H,25,27)/t17-/m1/s1. The number of amides is 1. The Morgan fingerprint density at radius 2 is 1.79 bits per heavy atom. The molecule has 1 heterocycles. The van der Waals surface area contributed by atoms with Crippen molar-refractivity contribution >= 4 is 5.91 Å². The number of carbonyl (C=O) groups is 1. The van der Waals surface area contributed by atoms with Crippen LogP contribution in [0.15, 0.2) is 61.2 Å². The summed E-state index contributed by atoms with van der Waals surface area (Å²) in [6.07, 6.45) is 5.44. The van der Waals surface area contributed by atoms with E-state index in [1.54, 1.807) is 12.5 Å². The first-order valence-corrected chi connectivity index (χ1v) is 9.85. The van der Waals surface area contributed by atoms with E-state index in [9.17, 15) is 4.79 Å². The van der Waals surface area contributed by atoms with Gasteiger partial charge in [0.25, 0.3) is 5.91 Å². The zero-order chi connectivity index (χ0) is 20.6. The minimum Gasteiger partial charge on any atom is -0.490 e. The molecule has 3 aromatic rings. The average Bonchev–Trinajstić information content (AvgIpc) is 3.23. The van der Waals surface area contributed by atoms with Gasteiger partial charge in [-0.05, 0) is 56.2 Å². The number of aromatic nitrogens is 2. The zero-order valence-electron chi connectivity index (χ0n) is 17.1. The van der Waals surface area contributed by atoms with Crippen LogP contribution in [0.2, 0.25) is 0 Å². The maximum atomic E-state index is 12.7. The van der Waals surface area contributed by atoms with E-state index < -0.39 is 0 Å². The van der Waals surface area contributed by atoms with Crippen molar-refractivity contribution < 1.29 is 14.3 Å². The van der Waals surface area contributed by atoms with Crippen molar-refractivity contribution in [2.24, 2.45) is 0 Å². The van der Waals surface area contributed by atoms with Crippen LogP contribution in [0.3, 0.4) is 0 Å². The van der Waals surface area contributed by atoms with Crippen molar-refractivity contribution in [3.8, 4) is 11.5 Å². The Kier molecular flexibility index (Phi) is 6.89. The second-order valence-corrected chi connectivity index (χ2v) is 6.70. The molecule has 0 saturated carbocycles. The molecule has 0 fully saturated rings. The summed E-state index contributed by atoms with van der Waals surface area (Å²) < 4.78 is 13.3. The van der Waals surface area contributed by atoms with Crippen LogP contribution < -0.4 is 14.8 Å². The van der Waals surface area contributed by atoms with Gasteiger partial charge in [0, 0.05) is 24.5 Å². The van der Waals surface area contributed by atoms with Crippen molar-refractivity contribution in [2.75, 3.05) is 13.2 Å². The molecule has 3 rings (SSSR count). The Morgan fingerprint density at radius 3 is 2.45 bits per heavy atom. The number of ether oxygens (including phenoxy) is 2. The first-order chi connectivity index (χ1) is 14.1. The molecule has 6 nitrogen and oxygen atoms in total. The van der Waals surface area contributed by atoms with Gasteiger partial charge in [0.1, 0.15) is 0 Å². The second kappa shape index (κ2) is 9.78. The zero-order valence-corrected chi connectivity index (χ0v) is 17.1. The summed E-state index contributed by atoms with van der Waals surface area (Å²) in [6.45, 7) is 7.68. The van der Waals surface area contributed by atoms with Crippen LogP contribution in [0.1, 0.15) is 48.3 Å². The van der Waals surface area contributed by atoms with Gasteiger partial charge >= 0.3 is 0 Å². The van der Waals surface area contributed by atoms with Crippen molar-refractivity contribution in [1.29, 1.82) is 0 Å². The quantitative estimate of drug-likeness (QED) is 0.591. The molecule has 2 aromatic carbocycles. The van der Waals surface area contributed by atoms with E-state index in [4.69, 9.17) is 9.47 Å². The fourth-order valence-corrected chi connectivity index (χ4v) is 3.05. The number of hydrogen-bond acceptors (Lipinski definition) is 4. The molecular weight excluding hydrogens is 366 g/mol. The minimum atomic E-state index is -0.164. The first-order valence-electron chi connectivity index (χ1n) is 9.85. The molecule has 0 aliphatic rings. The number of benzene rings is 2. The van der Waals surface area contributed by atoms with Gasteiger partial charge in [-0.2, -0.15) is 0 Å². The lowest BCUT2D eigenvalue weighted by Gasteiger charge is -2.17. The predicted octanol–water partition coefficient (Wildman–Crippen LogP) is 4.22. The summed E-state index contributed by atoms with van der Waals surface area (Å²) in [6, 6.07) is 13.2. The molecular formula is C23H27N3O3. The highest BCUT2D eigenvalue weighted by molar-refractivity contribution is 5.94. The van der Waals surface area contributed by atoms with Crippen LogP contribution in [-0.2, 0) is 6.54 Å². The maximum Gasteiger partial charge on any atom is 0.251 e. The molecule has 0 unspecified atom stereocenters. The lowest BCUT2D eigenvalue weighted by molar-refractivity contribution is 0.0940. The smallest absolute Gasteiger partial charge is 0.251 e. The Balaban J connectivity index is 1.66. The van der Waals surface area contributed by atoms with Gasteiger partial charge in [0.05, 0.1) is 25.6 Å². The molecule has 1 N–H and O–H groups in total. The SMILES string of the molecule is CCOc1ccc([C@@H](C)NC(=O)c2ccc(Cn3ccnc3)cc2)cc1OCC. The molecule has 29 heavy (non-hydrogen) atoms. The first kappa shape index (κ1) is 20.5. The maximum absolute atomic E-state index is 12.7. The van der Waals surface area contributed by atoms with Crippen molar-refractivity contribution in [1.82, 2.24) is 14.9 Å². The fourth-order valence-electron chi connectivity index (χ4n) is 3.05. The van der Waals surface area contributed by atoms with E-state index in [-0.39, 0.29) is 11.9 Å². The van der Waals surface area contributed by atoms with Gasteiger partial charge in [-0.15, -0.1) is 0 Å². The second-order valence-electron chi connectivity index (χ2n) is 6.70. The lowest BCUT2D eigenvalue weighted by atomic mass is 10.1. The number of nitrogens with zero attached hydrogens (tertiary/aromatic N) is 2. The van der Waals surface area contributed by atoms with Crippen LogP contribution >= 0.6 is 0 Å². The number of carbonyl (C=O) groups excluding carboxylic acids is 1. The van der Waals surface area contributed by atoms with E-state index >= 15 is 0 Å². The lowest BCUT2D eigenvalue weighted by Crippen LogP contribution is -2.26. The van der Waals surface area contributed by atoms with Crippen LogP contribution in [-0.4, -0.2) is 28.7 Å². The van der Waals surface area contributed by atoms with E-state index in [0.717, 1.165) is 17.7 Å². The Labute approximate surface area is 171 Å². The summed E-state index contributed by atoms with van der Waals surface area (Å²) in [5.41, 5.74) is 2.70. The van der Waals surface area contributed by atoms with Gasteiger partial charge in [-0.25, -0.2) is 4.98 Å². The molecule has 1 aromatic heterocycles. The van der Waals surface area contributed by atoms with Gasteiger partial charge in [0.2, 0.25) is 0 Å². The van der Waals surface area contributed by atoms with Crippen molar-refractivity contribution in [2.45, 2.75) is 33.4 Å². The predicted molar refractivity (Wildman–Crippen MR) is 112 cm³/mol. The van der Waals surface area contributed by atoms with E-state index in [2.05, 4.69) is 10.3 Å². The summed E-state index contributed by atoms with van der Waals surface area (Å²) in [7, 11) is 0. The Hall–Kier alpha value is -3.28. The molecule has 0 radical (unpaired) electrons. The minimum absolute atomic E-state index is 0.112. The summed E-state index contributed by atoms with van der Waals surface area (Å²) in [5.74, 6) is 1.29. The summed E-state index contributed by atoms with van der Waals surface area (Å²) in [4.78, 5) is 16.7. The van der Waals surface area contributed by atoms with Crippen LogP contribution in [0.4, 0.5) is 0 Å². The molecule has 152 valence electrons. The molecule has 6 heteroatoms. The highest BCUT2D eigenvalue weighted by Gasteiger charge is 2.14. The third-order valence-corrected chi connectivity index (χ3v) is 4.56. The third kappa shape index (κ3) is 5.38.